The first-order valence-electron chi connectivity index (χ1n) is 10.1. The lowest BCUT2D eigenvalue weighted by molar-refractivity contribution is -0.190. The van der Waals surface area contributed by atoms with Crippen LogP contribution in [0.5, 0.6) is 0 Å². The Morgan fingerprint density at radius 2 is 1.77 bits per heavy atom. The molecule has 0 unspecified atom stereocenters. The summed E-state index contributed by atoms with van der Waals surface area (Å²) in [5, 5.41) is 40.8. The standard InChI is InChI=1S/C20H19Cl2N5O8/c21-9-3-1-8(2-4-9)5-20(17(30)31,18(32)33)34-6-10-12(28)13(29)16(35-10)27-7-24-11-14(23)25-19(22)26-15(11)27/h1-4,7,10,12-13,16,28-29H,5-6H2,(H,30,31)(H,32,33)(H2,23,25,26)/t10-,12+,13-,16-/m1/s1. The molecule has 1 saturated heterocycles. The van der Waals surface area contributed by atoms with E-state index in [0.29, 0.717) is 10.6 Å². The molecule has 0 radical (unpaired) electrons. The fraction of sp³-hybridized carbons (Fsp3) is 0.350. The fourth-order valence-corrected chi connectivity index (χ4v) is 4.02. The lowest BCUT2D eigenvalue weighted by Gasteiger charge is -2.27. The molecule has 186 valence electrons. The fourth-order valence-electron chi connectivity index (χ4n) is 3.72. The molecule has 3 heterocycles. The molecule has 0 spiro atoms. The molecule has 1 fully saturated rings. The van der Waals surface area contributed by atoms with Crippen LogP contribution in [0.1, 0.15) is 11.8 Å². The van der Waals surface area contributed by atoms with Crippen molar-refractivity contribution in [3.05, 3.63) is 46.5 Å². The van der Waals surface area contributed by atoms with Gasteiger partial charge in [0, 0.05) is 11.4 Å². The quantitative estimate of drug-likeness (QED) is 0.200. The van der Waals surface area contributed by atoms with Crippen molar-refractivity contribution in [2.75, 3.05) is 12.3 Å². The van der Waals surface area contributed by atoms with Gasteiger partial charge in [-0.3, -0.25) is 4.57 Å². The number of aliphatic hydroxyl groups excluding tert-OH is 2. The van der Waals surface area contributed by atoms with Gasteiger partial charge in [-0.2, -0.15) is 9.97 Å². The van der Waals surface area contributed by atoms with Gasteiger partial charge in [-0.25, -0.2) is 14.6 Å². The number of halogens is 2. The number of carboxylic acids is 2. The van der Waals surface area contributed by atoms with Gasteiger partial charge in [0.05, 0.1) is 12.9 Å². The second-order valence-corrected chi connectivity index (χ2v) is 8.57. The summed E-state index contributed by atoms with van der Waals surface area (Å²) < 4.78 is 12.3. The summed E-state index contributed by atoms with van der Waals surface area (Å²) >= 11 is 11.7. The molecule has 2 aromatic heterocycles. The largest absolute Gasteiger partial charge is 0.479 e. The number of imidazole rings is 1. The summed E-state index contributed by atoms with van der Waals surface area (Å²) in [7, 11) is 0. The maximum absolute atomic E-state index is 12.0. The Hall–Kier alpha value is -3.07. The van der Waals surface area contributed by atoms with Gasteiger partial charge >= 0.3 is 11.9 Å². The molecular formula is C20H19Cl2N5O8. The average Bonchev–Trinajstić information content (AvgIpc) is 3.33. The number of ether oxygens (including phenoxy) is 2. The van der Waals surface area contributed by atoms with Crippen LogP contribution in [0.3, 0.4) is 0 Å². The van der Waals surface area contributed by atoms with Crippen LogP contribution in [-0.2, 0) is 25.5 Å². The number of carboxylic acid groups (broad SMARTS) is 2. The number of aliphatic hydroxyl groups is 2. The predicted octanol–water partition coefficient (Wildman–Crippen LogP) is 0.502. The van der Waals surface area contributed by atoms with Crippen molar-refractivity contribution in [1.29, 1.82) is 0 Å². The predicted molar refractivity (Wildman–Crippen MR) is 120 cm³/mol. The number of aromatic nitrogens is 4. The van der Waals surface area contributed by atoms with Crippen molar-refractivity contribution in [3.63, 3.8) is 0 Å². The minimum Gasteiger partial charge on any atom is -0.479 e. The number of hydrogen-bond donors (Lipinski definition) is 5. The van der Waals surface area contributed by atoms with Crippen molar-refractivity contribution < 1.29 is 39.5 Å². The number of nitrogens with zero attached hydrogens (tertiary/aromatic N) is 4. The number of fused-ring (bicyclic) bond motifs is 1. The normalized spacial score (nSPS) is 22.5. The lowest BCUT2D eigenvalue weighted by Crippen LogP contribution is -2.52. The van der Waals surface area contributed by atoms with Gasteiger partial charge in [0.25, 0.3) is 5.60 Å². The summed E-state index contributed by atoms with van der Waals surface area (Å²) in [4.78, 5) is 35.9. The second kappa shape index (κ2) is 9.53. The molecule has 0 amide bonds. The Morgan fingerprint density at radius 3 is 2.40 bits per heavy atom. The van der Waals surface area contributed by atoms with Crippen molar-refractivity contribution in [1.82, 2.24) is 19.5 Å². The van der Waals surface area contributed by atoms with E-state index in [9.17, 15) is 30.0 Å². The zero-order valence-corrected chi connectivity index (χ0v) is 19.2. The topological polar surface area (TPSA) is 203 Å². The number of carbonyl (C=O) groups is 2. The van der Waals surface area contributed by atoms with Crippen molar-refractivity contribution >= 4 is 52.1 Å². The highest BCUT2D eigenvalue weighted by molar-refractivity contribution is 6.30. The molecule has 1 aromatic carbocycles. The monoisotopic (exact) mass is 527 g/mol. The molecule has 1 aliphatic rings. The van der Waals surface area contributed by atoms with Crippen LogP contribution in [0.4, 0.5) is 5.82 Å². The van der Waals surface area contributed by atoms with Gasteiger partial charge < -0.3 is 35.6 Å². The Kier molecular flexibility index (Phi) is 6.81. The molecule has 13 nitrogen and oxygen atoms in total. The zero-order chi connectivity index (χ0) is 25.5. The number of aliphatic carboxylic acids is 2. The van der Waals surface area contributed by atoms with Crippen LogP contribution in [-0.4, -0.2) is 82.4 Å². The zero-order valence-electron chi connectivity index (χ0n) is 17.7. The molecule has 1 aliphatic heterocycles. The molecule has 4 atom stereocenters. The minimum absolute atomic E-state index is 0.0124. The van der Waals surface area contributed by atoms with Crippen molar-refractivity contribution in [3.8, 4) is 0 Å². The van der Waals surface area contributed by atoms with Gasteiger partial charge in [-0.1, -0.05) is 23.7 Å². The number of anilines is 1. The minimum atomic E-state index is -2.70. The molecule has 0 aliphatic carbocycles. The van der Waals surface area contributed by atoms with E-state index in [2.05, 4.69) is 15.0 Å². The first-order chi connectivity index (χ1) is 16.5. The van der Waals surface area contributed by atoms with Gasteiger partial charge in [0.1, 0.15) is 23.8 Å². The number of benzene rings is 1. The maximum atomic E-state index is 12.0. The van der Waals surface area contributed by atoms with E-state index < -0.39 is 55.1 Å². The Labute approximate surface area is 206 Å². The molecule has 6 N–H and O–H groups in total. The van der Waals surface area contributed by atoms with Crippen LogP contribution < -0.4 is 5.73 Å². The van der Waals surface area contributed by atoms with E-state index in [-0.39, 0.29) is 22.3 Å². The third-order valence-electron chi connectivity index (χ3n) is 5.58. The molecule has 4 rings (SSSR count). The Morgan fingerprint density at radius 1 is 1.11 bits per heavy atom. The number of nitrogens with two attached hydrogens (primary N) is 1. The first-order valence-corrected chi connectivity index (χ1v) is 10.8. The first kappa shape index (κ1) is 25.0. The number of rotatable bonds is 8. The van der Waals surface area contributed by atoms with Crippen molar-refractivity contribution in [2.24, 2.45) is 0 Å². The highest BCUT2D eigenvalue weighted by Crippen LogP contribution is 2.33. The van der Waals surface area contributed by atoms with Gasteiger partial charge in [-0.15, -0.1) is 0 Å². The van der Waals surface area contributed by atoms with Crippen LogP contribution in [0.2, 0.25) is 10.3 Å². The van der Waals surface area contributed by atoms with Crippen molar-refractivity contribution in [2.45, 2.75) is 36.6 Å². The summed E-state index contributed by atoms with van der Waals surface area (Å²) in [6.45, 7) is -0.675. The van der Waals surface area contributed by atoms with Crippen LogP contribution in [0, 0.1) is 0 Å². The molecule has 35 heavy (non-hydrogen) atoms. The highest BCUT2D eigenvalue weighted by Gasteiger charge is 2.51. The van der Waals surface area contributed by atoms with Gasteiger partial charge in [0.2, 0.25) is 5.28 Å². The summed E-state index contributed by atoms with van der Waals surface area (Å²) in [5.41, 5.74) is 3.72. The molecule has 15 heteroatoms. The average molecular weight is 528 g/mol. The SMILES string of the molecule is Nc1nc(Cl)nc2c1ncn2[C@@H]1O[C@H](COC(Cc2ccc(Cl)cc2)(C(=O)O)C(=O)O)[C@H](O)[C@H]1O. The molecule has 0 saturated carbocycles. The molecular weight excluding hydrogens is 509 g/mol. The van der Waals surface area contributed by atoms with Crippen LogP contribution in [0.25, 0.3) is 11.2 Å². The van der Waals surface area contributed by atoms with Gasteiger partial charge in [-0.05, 0) is 29.3 Å². The maximum Gasteiger partial charge on any atom is 0.348 e. The van der Waals surface area contributed by atoms with E-state index in [1.165, 1.54) is 35.2 Å². The van der Waals surface area contributed by atoms with Crippen LogP contribution in [0.15, 0.2) is 30.6 Å². The Bertz CT molecular complexity index is 1260. The van der Waals surface area contributed by atoms with E-state index in [1.54, 1.807) is 0 Å². The second-order valence-electron chi connectivity index (χ2n) is 7.80. The number of hydrogen-bond acceptors (Lipinski definition) is 10. The third kappa shape index (κ3) is 4.61. The van der Waals surface area contributed by atoms with Gasteiger partial charge in [0.15, 0.2) is 17.7 Å². The highest BCUT2D eigenvalue weighted by atomic mass is 35.5. The summed E-state index contributed by atoms with van der Waals surface area (Å²) in [5.74, 6) is -3.53. The molecule has 3 aromatic rings. The molecule has 0 bridgehead atoms. The third-order valence-corrected chi connectivity index (χ3v) is 6.00. The summed E-state index contributed by atoms with van der Waals surface area (Å²) in [6.07, 6.45) is -4.93. The summed E-state index contributed by atoms with van der Waals surface area (Å²) in [6, 6.07) is 5.90. The Balaban J connectivity index is 1.57. The number of nitrogen functional groups attached to an aromatic ring is 1. The smallest absolute Gasteiger partial charge is 0.348 e. The van der Waals surface area contributed by atoms with Crippen LogP contribution >= 0.6 is 23.2 Å². The van der Waals surface area contributed by atoms with E-state index in [4.69, 9.17) is 38.4 Å². The van der Waals surface area contributed by atoms with E-state index in [1.807, 2.05) is 0 Å². The van der Waals surface area contributed by atoms with E-state index >= 15 is 0 Å². The van der Waals surface area contributed by atoms with E-state index in [0.717, 1.165) is 0 Å². The lowest BCUT2D eigenvalue weighted by atomic mass is 9.94.